The fourth-order valence-electron chi connectivity index (χ4n) is 1.28. The van der Waals surface area contributed by atoms with Gasteiger partial charge in [-0.25, -0.2) is 0 Å². The van der Waals surface area contributed by atoms with Gasteiger partial charge in [-0.3, -0.25) is 14.6 Å². The van der Waals surface area contributed by atoms with Crippen molar-refractivity contribution in [2.24, 2.45) is 0 Å². The van der Waals surface area contributed by atoms with Gasteiger partial charge in [0.15, 0.2) is 0 Å². The zero-order valence-electron chi connectivity index (χ0n) is 8.49. The van der Waals surface area contributed by atoms with Gasteiger partial charge in [0.1, 0.15) is 0 Å². The summed E-state index contributed by atoms with van der Waals surface area (Å²) in [6, 6.07) is 0. The summed E-state index contributed by atoms with van der Waals surface area (Å²) in [4.78, 5) is 22.7. The summed E-state index contributed by atoms with van der Waals surface area (Å²) in [6.45, 7) is 7.34. The van der Waals surface area contributed by atoms with Crippen molar-refractivity contribution in [2.45, 2.75) is 26.7 Å². The van der Waals surface area contributed by atoms with E-state index in [1.165, 1.54) is 11.2 Å². The molecular formula is C10H14N2O2. The molecule has 2 amide bonds. The SMILES string of the molecule is C=CN(C=C(C)C)N1C(=O)CCC1=O. The molecule has 14 heavy (non-hydrogen) atoms. The molecule has 4 heteroatoms. The molecule has 1 heterocycles. The van der Waals surface area contributed by atoms with Crippen molar-refractivity contribution < 1.29 is 9.59 Å². The van der Waals surface area contributed by atoms with E-state index in [1.807, 2.05) is 13.8 Å². The third kappa shape index (κ3) is 2.02. The monoisotopic (exact) mass is 194 g/mol. The second kappa shape index (κ2) is 4.09. The Morgan fingerprint density at radius 3 is 2.21 bits per heavy atom. The molecule has 0 aromatic rings. The first kappa shape index (κ1) is 10.5. The number of nitrogens with zero attached hydrogens (tertiary/aromatic N) is 2. The number of hydrazine groups is 1. The van der Waals surface area contributed by atoms with E-state index in [0.29, 0.717) is 12.8 Å². The predicted molar refractivity (Wildman–Crippen MR) is 52.6 cm³/mol. The predicted octanol–water partition coefficient (Wildman–Crippen LogP) is 1.42. The normalized spacial score (nSPS) is 15.7. The minimum atomic E-state index is -0.174. The van der Waals surface area contributed by atoms with Crippen molar-refractivity contribution in [3.05, 3.63) is 24.6 Å². The summed E-state index contributed by atoms with van der Waals surface area (Å²) in [5.74, 6) is -0.347. The zero-order valence-corrected chi connectivity index (χ0v) is 8.49. The highest BCUT2D eigenvalue weighted by Gasteiger charge is 2.31. The molecule has 0 aromatic carbocycles. The first-order chi connectivity index (χ1) is 6.56. The van der Waals surface area contributed by atoms with Crippen LogP contribution < -0.4 is 0 Å². The minimum Gasteiger partial charge on any atom is -0.272 e. The molecular weight excluding hydrogens is 180 g/mol. The smallest absolute Gasteiger partial charge is 0.249 e. The second-order valence-electron chi connectivity index (χ2n) is 3.37. The van der Waals surface area contributed by atoms with Crippen LogP contribution >= 0.6 is 0 Å². The van der Waals surface area contributed by atoms with Crippen molar-refractivity contribution in [3.63, 3.8) is 0 Å². The van der Waals surface area contributed by atoms with Gasteiger partial charge < -0.3 is 0 Å². The number of allylic oxidation sites excluding steroid dienone is 1. The van der Waals surface area contributed by atoms with Gasteiger partial charge in [0, 0.05) is 25.2 Å². The Morgan fingerprint density at radius 1 is 1.36 bits per heavy atom. The quantitative estimate of drug-likeness (QED) is 0.638. The third-order valence-electron chi connectivity index (χ3n) is 1.83. The molecule has 0 spiro atoms. The molecule has 1 rings (SSSR count). The van der Waals surface area contributed by atoms with Gasteiger partial charge >= 0.3 is 0 Å². The van der Waals surface area contributed by atoms with Crippen LogP contribution in [0.5, 0.6) is 0 Å². The highest BCUT2D eigenvalue weighted by Crippen LogP contribution is 2.16. The molecule has 1 fully saturated rings. The summed E-state index contributed by atoms with van der Waals surface area (Å²) in [5, 5.41) is 2.56. The fourth-order valence-corrected chi connectivity index (χ4v) is 1.28. The maximum absolute atomic E-state index is 11.4. The van der Waals surface area contributed by atoms with E-state index in [-0.39, 0.29) is 11.8 Å². The number of amides is 2. The molecule has 0 aromatic heterocycles. The average molecular weight is 194 g/mol. The van der Waals surface area contributed by atoms with Crippen LogP contribution in [0.3, 0.4) is 0 Å². The fraction of sp³-hybridized carbons (Fsp3) is 0.400. The van der Waals surface area contributed by atoms with Crippen LogP contribution in [0.1, 0.15) is 26.7 Å². The number of hydrogen-bond donors (Lipinski definition) is 0. The number of rotatable bonds is 3. The largest absolute Gasteiger partial charge is 0.272 e. The van der Waals surface area contributed by atoms with E-state index < -0.39 is 0 Å². The molecule has 1 aliphatic heterocycles. The lowest BCUT2D eigenvalue weighted by Crippen LogP contribution is -2.39. The van der Waals surface area contributed by atoms with Gasteiger partial charge in [0.25, 0.3) is 0 Å². The molecule has 0 bridgehead atoms. The van der Waals surface area contributed by atoms with Crippen LogP contribution in [0, 0.1) is 0 Å². The Morgan fingerprint density at radius 2 is 1.86 bits per heavy atom. The molecule has 1 aliphatic rings. The maximum atomic E-state index is 11.4. The standard InChI is InChI=1S/C10H14N2O2/c1-4-11(7-8(2)3)12-9(13)5-6-10(12)14/h4,7H,1,5-6H2,2-3H3. The first-order valence-electron chi connectivity index (χ1n) is 4.48. The van der Waals surface area contributed by atoms with Crippen molar-refractivity contribution in [1.82, 2.24) is 10.0 Å². The van der Waals surface area contributed by atoms with Crippen LogP contribution in [0.25, 0.3) is 0 Å². The van der Waals surface area contributed by atoms with Gasteiger partial charge in [-0.2, -0.15) is 5.01 Å². The van der Waals surface area contributed by atoms with Gasteiger partial charge in [0.05, 0.1) is 0 Å². The van der Waals surface area contributed by atoms with Crippen molar-refractivity contribution in [1.29, 1.82) is 0 Å². The summed E-state index contributed by atoms with van der Waals surface area (Å²) >= 11 is 0. The van der Waals surface area contributed by atoms with E-state index in [9.17, 15) is 9.59 Å². The molecule has 0 radical (unpaired) electrons. The van der Waals surface area contributed by atoms with Crippen LogP contribution in [0.2, 0.25) is 0 Å². The molecule has 76 valence electrons. The summed E-state index contributed by atoms with van der Waals surface area (Å²) in [5.41, 5.74) is 0.998. The molecule has 0 N–H and O–H groups in total. The Labute approximate surface area is 83.5 Å². The lowest BCUT2D eigenvalue weighted by atomic mass is 10.4. The minimum absolute atomic E-state index is 0.174. The molecule has 0 aliphatic carbocycles. The van der Waals surface area contributed by atoms with Crippen LogP contribution in [-0.4, -0.2) is 21.8 Å². The summed E-state index contributed by atoms with van der Waals surface area (Å²) in [7, 11) is 0. The molecule has 0 atom stereocenters. The Kier molecular flexibility index (Phi) is 3.06. The van der Waals surface area contributed by atoms with Crippen LogP contribution in [0.15, 0.2) is 24.6 Å². The van der Waals surface area contributed by atoms with E-state index in [1.54, 1.807) is 6.20 Å². The highest BCUT2D eigenvalue weighted by atomic mass is 16.2. The number of hydrogen-bond acceptors (Lipinski definition) is 3. The van der Waals surface area contributed by atoms with E-state index in [0.717, 1.165) is 10.6 Å². The molecule has 0 unspecified atom stereocenters. The average Bonchev–Trinajstić information content (AvgIpc) is 2.43. The van der Waals surface area contributed by atoms with Gasteiger partial charge in [0.2, 0.25) is 11.8 Å². The van der Waals surface area contributed by atoms with E-state index >= 15 is 0 Å². The van der Waals surface area contributed by atoms with Crippen LogP contribution in [0.4, 0.5) is 0 Å². The lowest BCUT2D eigenvalue weighted by Gasteiger charge is -2.25. The van der Waals surface area contributed by atoms with Crippen molar-refractivity contribution in [3.8, 4) is 0 Å². The number of carbonyl (C=O) groups is 2. The van der Waals surface area contributed by atoms with Crippen molar-refractivity contribution in [2.75, 3.05) is 0 Å². The second-order valence-corrected chi connectivity index (χ2v) is 3.37. The van der Waals surface area contributed by atoms with Gasteiger partial charge in [-0.15, -0.1) is 0 Å². The lowest BCUT2D eigenvalue weighted by molar-refractivity contribution is -0.149. The van der Waals surface area contributed by atoms with E-state index in [2.05, 4.69) is 6.58 Å². The van der Waals surface area contributed by atoms with Gasteiger partial charge in [-0.1, -0.05) is 12.2 Å². The third-order valence-corrected chi connectivity index (χ3v) is 1.83. The molecule has 1 saturated heterocycles. The van der Waals surface area contributed by atoms with E-state index in [4.69, 9.17) is 0 Å². The highest BCUT2D eigenvalue weighted by molar-refractivity contribution is 6.01. The van der Waals surface area contributed by atoms with Crippen molar-refractivity contribution >= 4 is 11.8 Å². The topological polar surface area (TPSA) is 40.6 Å². The first-order valence-corrected chi connectivity index (χ1v) is 4.48. The number of imide groups is 1. The summed E-state index contributed by atoms with van der Waals surface area (Å²) < 4.78 is 0. The Bertz CT molecular complexity index is 287. The summed E-state index contributed by atoms with van der Waals surface area (Å²) in [6.07, 6.45) is 3.74. The maximum Gasteiger partial charge on any atom is 0.249 e. The molecule has 4 nitrogen and oxygen atoms in total. The van der Waals surface area contributed by atoms with Crippen LogP contribution in [-0.2, 0) is 9.59 Å². The Balaban J connectivity index is 2.88. The molecule has 0 saturated carbocycles. The zero-order chi connectivity index (χ0) is 10.7. The Hall–Kier alpha value is -1.58. The van der Waals surface area contributed by atoms with Gasteiger partial charge in [-0.05, 0) is 13.8 Å². The number of carbonyl (C=O) groups excluding carboxylic acids is 2.